The zero-order chi connectivity index (χ0) is 47.8. The molecule has 4 aromatic carbocycles. The Hall–Kier alpha value is -6.74. The van der Waals surface area contributed by atoms with Gasteiger partial charge in [-0.3, -0.25) is 24.3 Å². The second-order valence-corrected chi connectivity index (χ2v) is 18.2. The van der Waals surface area contributed by atoms with Crippen molar-refractivity contribution in [2.75, 3.05) is 27.4 Å². The average molecular weight is 933 g/mol. The molecule has 14 nitrogen and oxygen atoms in total. The maximum absolute atomic E-state index is 13.8. The number of nitrogens with zero attached hydrogens (tertiary/aromatic N) is 5. The first kappa shape index (κ1) is 47.7. The van der Waals surface area contributed by atoms with Crippen LogP contribution in [0.2, 0.25) is 0 Å². The molecule has 0 bridgehead atoms. The van der Waals surface area contributed by atoms with E-state index in [1.165, 1.54) is 10.8 Å². The van der Waals surface area contributed by atoms with Gasteiger partial charge in [0.1, 0.15) is 35.0 Å². The highest BCUT2D eigenvalue weighted by atomic mass is 31.2. The van der Waals surface area contributed by atoms with Crippen LogP contribution >= 0.6 is 8.53 Å². The topological polar surface area (TPSA) is 163 Å². The number of methoxy groups -OCH3 is 2. The summed E-state index contributed by atoms with van der Waals surface area (Å²) in [7, 11) is 1.49. The van der Waals surface area contributed by atoms with Crippen LogP contribution in [0.3, 0.4) is 0 Å². The van der Waals surface area contributed by atoms with Crippen molar-refractivity contribution in [1.29, 1.82) is 5.26 Å². The number of aromatic nitrogens is 4. The molecule has 8 rings (SSSR count). The van der Waals surface area contributed by atoms with E-state index in [4.69, 9.17) is 28.0 Å². The first-order chi connectivity index (χ1) is 33.0. The van der Waals surface area contributed by atoms with E-state index in [9.17, 15) is 14.9 Å². The van der Waals surface area contributed by atoms with Gasteiger partial charge in [-0.1, -0.05) is 84.6 Å². The van der Waals surface area contributed by atoms with E-state index in [0.717, 1.165) is 38.5 Å². The molecule has 1 N–H and O–H groups in total. The highest BCUT2D eigenvalue weighted by molar-refractivity contribution is 7.44. The lowest BCUT2D eigenvalue weighted by Crippen LogP contribution is -2.39. The van der Waals surface area contributed by atoms with E-state index >= 15 is 0 Å². The Labute approximate surface area is 396 Å². The second kappa shape index (κ2) is 21.5. The highest BCUT2D eigenvalue weighted by Crippen LogP contribution is 2.51. The fourth-order valence-electron chi connectivity index (χ4n) is 8.56. The Bertz CT molecular complexity index is 3020. The first-order valence-corrected chi connectivity index (χ1v) is 23.6. The Balaban J connectivity index is 1.18. The van der Waals surface area contributed by atoms with Gasteiger partial charge in [0.15, 0.2) is 0 Å². The summed E-state index contributed by atoms with van der Waals surface area (Å²) in [4.78, 5) is 38.8. The monoisotopic (exact) mass is 932 g/mol. The molecule has 0 amide bonds. The minimum atomic E-state index is -1.75. The predicted octanol–water partition coefficient (Wildman–Crippen LogP) is 9.01. The van der Waals surface area contributed by atoms with Crippen molar-refractivity contribution in [2.24, 2.45) is 0 Å². The van der Waals surface area contributed by atoms with Gasteiger partial charge in [0.05, 0.1) is 57.1 Å². The van der Waals surface area contributed by atoms with E-state index in [0.29, 0.717) is 17.1 Å². The maximum Gasteiger partial charge on any atom is 0.330 e. The molecule has 1 aliphatic rings. The third-order valence-corrected chi connectivity index (χ3v) is 13.9. The van der Waals surface area contributed by atoms with Gasteiger partial charge in [0.25, 0.3) is 14.1 Å². The third kappa shape index (κ3) is 10.2. The number of nitrogens with one attached hydrogen (secondary N) is 1. The Morgan fingerprint density at radius 2 is 1.49 bits per heavy atom. The van der Waals surface area contributed by atoms with Gasteiger partial charge in [0.2, 0.25) is 0 Å². The summed E-state index contributed by atoms with van der Waals surface area (Å²) < 4.78 is 42.2. The smallest absolute Gasteiger partial charge is 0.330 e. The number of fused-ring (bicyclic) bond motifs is 3. The second-order valence-electron chi connectivity index (χ2n) is 16.8. The number of aromatic amines is 1. The summed E-state index contributed by atoms with van der Waals surface area (Å²) >= 11 is 0. The van der Waals surface area contributed by atoms with Crippen LogP contribution in [0.25, 0.3) is 21.8 Å². The summed E-state index contributed by atoms with van der Waals surface area (Å²) in [5, 5.41) is 11.3. The number of hydrogen-bond donors (Lipinski definition) is 1. The lowest BCUT2D eigenvalue weighted by atomic mass is 9.80. The number of H-pyrrole nitrogens is 1. The summed E-state index contributed by atoms with van der Waals surface area (Å²) in [6.07, 6.45) is 2.75. The van der Waals surface area contributed by atoms with Crippen molar-refractivity contribution in [1.82, 2.24) is 24.2 Å². The Morgan fingerprint density at radius 1 is 0.838 bits per heavy atom. The van der Waals surface area contributed by atoms with Crippen LogP contribution in [-0.2, 0) is 24.1 Å². The highest BCUT2D eigenvalue weighted by Gasteiger charge is 2.45. The van der Waals surface area contributed by atoms with Gasteiger partial charge in [-0.15, -0.1) is 0 Å². The van der Waals surface area contributed by atoms with Crippen LogP contribution in [0.4, 0.5) is 0 Å². The number of rotatable bonds is 17. The lowest BCUT2D eigenvalue weighted by Gasteiger charge is -2.39. The minimum absolute atomic E-state index is 0.0173. The van der Waals surface area contributed by atoms with E-state index in [-0.39, 0.29) is 43.7 Å². The normalized spacial score (nSPS) is 16.5. The van der Waals surface area contributed by atoms with Crippen LogP contribution in [0, 0.1) is 23.2 Å². The largest absolute Gasteiger partial charge is 0.497 e. The van der Waals surface area contributed by atoms with Crippen molar-refractivity contribution in [2.45, 2.75) is 76.7 Å². The van der Waals surface area contributed by atoms with Gasteiger partial charge in [-0.25, -0.2) is 9.46 Å². The van der Waals surface area contributed by atoms with Crippen molar-refractivity contribution in [3.8, 4) is 29.4 Å². The molecular formula is C53H53N6O8P. The van der Waals surface area contributed by atoms with Crippen molar-refractivity contribution >= 4 is 30.3 Å². The number of ether oxygens (including phenoxy) is 4. The molecule has 0 aliphatic carbocycles. The quantitative estimate of drug-likeness (QED) is 0.0304. The molecule has 1 aliphatic heterocycles. The minimum Gasteiger partial charge on any atom is -0.497 e. The number of benzene rings is 4. The van der Waals surface area contributed by atoms with Gasteiger partial charge < -0.3 is 28.0 Å². The zero-order valence-corrected chi connectivity index (χ0v) is 39.7. The van der Waals surface area contributed by atoms with E-state index in [2.05, 4.69) is 65.2 Å². The van der Waals surface area contributed by atoms with Crippen LogP contribution in [0.1, 0.15) is 74.6 Å². The molecule has 0 radical (unpaired) electrons. The summed E-state index contributed by atoms with van der Waals surface area (Å²) in [5.41, 5.74) is 2.14. The molecule has 348 valence electrons. The van der Waals surface area contributed by atoms with Gasteiger partial charge in [-0.2, -0.15) is 5.26 Å². The predicted molar refractivity (Wildman–Crippen MR) is 261 cm³/mol. The Morgan fingerprint density at radius 3 is 2.13 bits per heavy atom. The molecule has 1 saturated heterocycles. The van der Waals surface area contributed by atoms with Crippen LogP contribution < -0.4 is 20.7 Å². The summed E-state index contributed by atoms with van der Waals surface area (Å²) in [6, 6.07) is 37.3. The number of hydrogen-bond acceptors (Lipinski definition) is 12. The first-order valence-electron chi connectivity index (χ1n) is 22.4. The van der Waals surface area contributed by atoms with Crippen LogP contribution in [0.15, 0.2) is 137 Å². The standard InChI is InChI=1S/C53H53N6O8P/c1-35(2)59(36(3)4)68(65-29-11-27-54)67-46-31-48(58-33-40(51(60)57-52(58)61)16-15-37-30-39-18-17-38-12-10-28-55-49(38)50(39)56-32-37)66-47(46)34-64-53(41-13-8-7-9-14-41,42-19-23-44(62-5)24-20-42)43-21-25-45(63-6)26-22-43/h7-10,12-14,17-26,28,30,32-33,35-36,46-48H,11,29,31,34H2,1-6H3,(H,57,60,61)/t46-,47+,48+,68?/m0/s1. The number of nitriles is 1. The number of pyridine rings is 2. The van der Waals surface area contributed by atoms with Gasteiger partial charge in [-0.05, 0) is 80.8 Å². The molecule has 1 unspecified atom stereocenters. The molecule has 15 heteroatoms. The fourth-order valence-corrected chi connectivity index (χ4v) is 10.3. The van der Waals surface area contributed by atoms with Crippen molar-refractivity contribution < 1.29 is 28.0 Å². The van der Waals surface area contributed by atoms with E-state index in [1.807, 2.05) is 109 Å². The molecule has 4 atom stereocenters. The SMILES string of the molecule is COc1ccc(C(OC[C@H]2O[C@@H](n3cc(C#Cc4cnc5c(ccc6cccnc65)c4)c(=O)[nH]c3=O)C[C@@H]2OP(OCCC#N)N(C(C)C)C(C)C)(c2ccccc2)c2ccc(OC)cc2)cc1. The fraction of sp³-hybridized carbons (Fsp3) is 0.302. The molecule has 7 aromatic rings. The van der Waals surface area contributed by atoms with Crippen LogP contribution in [-0.4, -0.2) is 75.9 Å². The van der Waals surface area contributed by atoms with E-state index in [1.54, 1.807) is 26.6 Å². The summed E-state index contributed by atoms with van der Waals surface area (Å²) in [5.74, 6) is 7.40. The Kier molecular flexibility index (Phi) is 15.1. The molecule has 68 heavy (non-hydrogen) atoms. The average Bonchev–Trinajstić information content (AvgIpc) is 3.75. The lowest BCUT2D eigenvalue weighted by molar-refractivity contribution is -0.0925. The van der Waals surface area contributed by atoms with Crippen molar-refractivity contribution in [3.63, 3.8) is 0 Å². The zero-order valence-electron chi connectivity index (χ0n) is 38.8. The maximum atomic E-state index is 13.8. The van der Waals surface area contributed by atoms with E-state index < -0.39 is 43.8 Å². The van der Waals surface area contributed by atoms with Gasteiger partial charge >= 0.3 is 5.69 Å². The third-order valence-electron chi connectivity index (χ3n) is 11.7. The molecule has 4 heterocycles. The molecule has 3 aromatic heterocycles. The van der Waals surface area contributed by atoms with Crippen LogP contribution in [0.5, 0.6) is 11.5 Å². The molecule has 1 fully saturated rings. The van der Waals surface area contributed by atoms with Gasteiger partial charge in [0, 0.05) is 53.4 Å². The molecular weight excluding hydrogens is 880 g/mol. The van der Waals surface area contributed by atoms with Crippen molar-refractivity contribution in [3.05, 3.63) is 176 Å². The summed E-state index contributed by atoms with van der Waals surface area (Å²) in [6.45, 7) is 8.39. The molecule has 0 saturated carbocycles. The molecule has 0 spiro atoms.